The van der Waals surface area contributed by atoms with Crippen LogP contribution in [0.25, 0.3) is 33.1 Å². The summed E-state index contributed by atoms with van der Waals surface area (Å²) in [5, 5.41) is 5.10. The van der Waals surface area contributed by atoms with Crippen molar-refractivity contribution in [3.05, 3.63) is 60.3 Å². The molecule has 1 amide bonds. The molecule has 0 bridgehead atoms. The molecule has 2 aromatic heterocycles. The molecule has 0 spiro atoms. The largest absolute Gasteiger partial charge is 0.497 e. The van der Waals surface area contributed by atoms with Gasteiger partial charge in [0.1, 0.15) is 5.75 Å². The van der Waals surface area contributed by atoms with Crippen LogP contribution in [0.1, 0.15) is 12.5 Å². The molecule has 0 aliphatic rings. The Morgan fingerprint density at radius 1 is 1.15 bits per heavy atom. The number of aromatic nitrogens is 2. The summed E-state index contributed by atoms with van der Waals surface area (Å²) in [5.41, 5.74) is 5.33. The zero-order valence-electron chi connectivity index (χ0n) is 15.4. The van der Waals surface area contributed by atoms with Crippen molar-refractivity contribution in [2.45, 2.75) is 13.3 Å². The van der Waals surface area contributed by atoms with E-state index in [1.165, 1.54) is 6.92 Å². The molecule has 136 valence electrons. The second kappa shape index (κ2) is 7.11. The van der Waals surface area contributed by atoms with Crippen molar-refractivity contribution in [3.63, 3.8) is 0 Å². The number of nitrogens with one attached hydrogen (secondary N) is 2. The maximum Gasteiger partial charge on any atom is 0.216 e. The monoisotopic (exact) mass is 359 g/mol. The zero-order chi connectivity index (χ0) is 18.8. The lowest BCUT2D eigenvalue weighted by molar-refractivity contribution is -0.118. The number of carbonyl (C=O) groups is 1. The highest BCUT2D eigenvalue weighted by atomic mass is 16.5. The van der Waals surface area contributed by atoms with E-state index in [1.807, 2.05) is 36.4 Å². The molecular formula is C22H21N3O2. The number of benzene rings is 2. The summed E-state index contributed by atoms with van der Waals surface area (Å²) in [6, 6.07) is 16.2. The van der Waals surface area contributed by atoms with Crippen LogP contribution in [0.5, 0.6) is 5.75 Å². The predicted molar refractivity (Wildman–Crippen MR) is 108 cm³/mol. The van der Waals surface area contributed by atoms with Gasteiger partial charge in [-0.3, -0.25) is 9.78 Å². The number of hydrogen-bond donors (Lipinski definition) is 2. The highest BCUT2D eigenvalue weighted by Crippen LogP contribution is 2.35. The third-order valence-electron chi connectivity index (χ3n) is 4.78. The van der Waals surface area contributed by atoms with Crippen LogP contribution in [0.15, 0.2) is 54.7 Å². The topological polar surface area (TPSA) is 67.0 Å². The maximum absolute atomic E-state index is 11.3. The first-order valence-electron chi connectivity index (χ1n) is 8.94. The van der Waals surface area contributed by atoms with Crippen LogP contribution < -0.4 is 10.1 Å². The summed E-state index contributed by atoms with van der Waals surface area (Å²) >= 11 is 0. The summed E-state index contributed by atoms with van der Waals surface area (Å²) in [5.74, 6) is 0.789. The molecule has 5 nitrogen and oxygen atoms in total. The zero-order valence-corrected chi connectivity index (χ0v) is 15.4. The average molecular weight is 359 g/mol. The highest BCUT2D eigenvalue weighted by molar-refractivity contribution is 5.99. The maximum atomic E-state index is 11.3. The van der Waals surface area contributed by atoms with Crippen molar-refractivity contribution in [3.8, 4) is 17.0 Å². The van der Waals surface area contributed by atoms with Gasteiger partial charge < -0.3 is 15.0 Å². The van der Waals surface area contributed by atoms with E-state index in [1.54, 1.807) is 13.3 Å². The fourth-order valence-corrected chi connectivity index (χ4v) is 3.53. The molecule has 5 heteroatoms. The predicted octanol–water partition coefficient (Wildman–Crippen LogP) is 4.07. The number of rotatable bonds is 5. The lowest BCUT2D eigenvalue weighted by atomic mass is 9.99. The Labute approximate surface area is 157 Å². The molecule has 0 aliphatic heterocycles. The van der Waals surface area contributed by atoms with Gasteiger partial charge in [-0.05, 0) is 42.3 Å². The van der Waals surface area contributed by atoms with Crippen molar-refractivity contribution in [1.82, 2.24) is 15.3 Å². The van der Waals surface area contributed by atoms with Crippen molar-refractivity contribution in [1.29, 1.82) is 0 Å². The molecule has 0 saturated carbocycles. The molecule has 0 fully saturated rings. The van der Waals surface area contributed by atoms with Gasteiger partial charge >= 0.3 is 0 Å². The fraction of sp³-hybridized carbons (Fsp3) is 0.182. The summed E-state index contributed by atoms with van der Waals surface area (Å²) < 4.78 is 5.41. The summed E-state index contributed by atoms with van der Waals surface area (Å²) in [7, 11) is 1.67. The van der Waals surface area contributed by atoms with Gasteiger partial charge in [0.15, 0.2) is 0 Å². The second-order valence-electron chi connectivity index (χ2n) is 6.50. The normalized spacial score (nSPS) is 11.0. The Bertz CT molecular complexity index is 1130. The SMILES string of the molecule is COc1ccc2[nH]c(-c3cccc4ncccc34)c(CCNC(C)=O)c2c1. The molecule has 0 radical (unpaired) electrons. The van der Waals surface area contributed by atoms with Gasteiger partial charge in [0.25, 0.3) is 0 Å². The number of hydrogen-bond acceptors (Lipinski definition) is 3. The second-order valence-corrected chi connectivity index (χ2v) is 6.50. The Morgan fingerprint density at radius 3 is 2.85 bits per heavy atom. The molecule has 4 aromatic rings. The van der Waals surface area contributed by atoms with E-state index >= 15 is 0 Å². The van der Waals surface area contributed by atoms with Gasteiger partial charge in [0.05, 0.1) is 18.3 Å². The minimum absolute atomic E-state index is 0.0247. The number of methoxy groups -OCH3 is 1. The number of nitrogens with zero attached hydrogens (tertiary/aromatic N) is 1. The lowest BCUT2D eigenvalue weighted by Gasteiger charge is -2.09. The number of carbonyl (C=O) groups excluding carboxylic acids is 1. The molecular weight excluding hydrogens is 338 g/mol. The molecule has 2 heterocycles. The van der Waals surface area contributed by atoms with E-state index in [0.29, 0.717) is 6.54 Å². The molecule has 27 heavy (non-hydrogen) atoms. The summed E-state index contributed by atoms with van der Waals surface area (Å²) in [6.07, 6.45) is 2.53. The Morgan fingerprint density at radius 2 is 2.04 bits per heavy atom. The van der Waals surface area contributed by atoms with Crippen LogP contribution in [0.3, 0.4) is 0 Å². The number of H-pyrrole nitrogens is 1. The highest BCUT2D eigenvalue weighted by Gasteiger charge is 2.16. The molecule has 4 rings (SSSR count). The average Bonchev–Trinajstić information content (AvgIpc) is 3.05. The number of amides is 1. The lowest BCUT2D eigenvalue weighted by Crippen LogP contribution is -2.22. The van der Waals surface area contributed by atoms with Crippen molar-refractivity contribution in [2.24, 2.45) is 0 Å². The third-order valence-corrected chi connectivity index (χ3v) is 4.78. The van der Waals surface area contributed by atoms with Crippen molar-refractivity contribution < 1.29 is 9.53 Å². The molecule has 2 N–H and O–H groups in total. The Kier molecular flexibility index (Phi) is 4.50. The first-order chi connectivity index (χ1) is 13.2. The number of pyridine rings is 1. The number of fused-ring (bicyclic) bond motifs is 2. The van der Waals surface area contributed by atoms with Crippen LogP contribution in [0, 0.1) is 0 Å². The van der Waals surface area contributed by atoms with Crippen molar-refractivity contribution in [2.75, 3.05) is 13.7 Å². The minimum Gasteiger partial charge on any atom is -0.497 e. The van der Waals surface area contributed by atoms with Crippen LogP contribution in [0.4, 0.5) is 0 Å². The van der Waals surface area contributed by atoms with E-state index in [9.17, 15) is 4.79 Å². The van der Waals surface area contributed by atoms with Gasteiger partial charge in [-0.1, -0.05) is 18.2 Å². The van der Waals surface area contributed by atoms with Crippen LogP contribution in [-0.2, 0) is 11.2 Å². The van der Waals surface area contributed by atoms with E-state index in [0.717, 1.165) is 50.8 Å². The quantitative estimate of drug-likeness (QED) is 0.564. The van der Waals surface area contributed by atoms with E-state index in [-0.39, 0.29) is 5.91 Å². The molecule has 0 aliphatic carbocycles. The van der Waals surface area contributed by atoms with E-state index < -0.39 is 0 Å². The van der Waals surface area contributed by atoms with Gasteiger partial charge in [0, 0.05) is 41.5 Å². The minimum atomic E-state index is -0.0247. The first-order valence-corrected chi connectivity index (χ1v) is 8.94. The van der Waals surface area contributed by atoms with Crippen molar-refractivity contribution >= 4 is 27.7 Å². The molecule has 0 atom stereocenters. The smallest absolute Gasteiger partial charge is 0.216 e. The number of ether oxygens (including phenoxy) is 1. The fourth-order valence-electron chi connectivity index (χ4n) is 3.53. The Balaban J connectivity index is 1.91. The summed E-state index contributed by atoms with van der Waals surface area (Å²) in [6.45, 7) is 2.12. The summed E-state index contributed by atoms with van der Waals surface area (Å²) in [4.78, 5) is 19.4. The van der Waals surface area contributed by atoms with Gasteiger partial charge in [-0.2, -0.15) is 0 Å². The molecule has 2 aromatic carbocycles. The third kappa shape index (κ3) is 3.24. The van der Waals surface area contributed by atoms with Gasteiger partial charge in [-0.25, -0.2) is 0 Å². The van der Waals surface area contributed by atoms with E-state index in [4.69, 9.17) is 4.74 Å². The molecule has 0 unspecified atom stereocenters. The van der Waals surface area contributed by atoms with Crippen LogP contribution >= 0.6 is 0 Å². The van der Waals surface area contributed by atoms with E-state index in [2.05, 4.69) is 27.4 Å². The molecule has 0 saturated heterocycles. The van der Waals surface area contributed by atoms with Gasteiger partial charge in [0.2, 0.25) is 5.91 Å². The number of aromatic amines is 1. The Hall–Kier alpha value is -3.34. The standard InChI is InChI=1S/C22H21N3O2/c1-14(26)23-12-10-18-19-13-15(27-2)8-9-21(19)25-22(18)17-5-3-7-20-16(17)6-4-11-24-20/h3-9,11,13,25H,10,12H2,1-2H3,(H,23,26). The first kappa shape index (κ1) is 17.1. The van der Waals surface area contributed by atoms with Gasteiger partial charge in [-0.15, -0.1) is 0 Å². The van der Waals surface area contributed by atoms with Crippen LogP contribution in [-0.4, -0.2) is 29.5 Å². The van der Waals surface area contributed by atoms with Crippen LogP contribution in [0.2, 0.25) is 0 Å².